The molecule has 0 rings (SSSR count). The summed E-state index contributed by atoms with van der Waals surface area (Å²) >= 11 is 0. The Morgan fingerprint density at radius 1 is 1.25 bits per heavy atom. The van der Waals surface area contributed by atoms with Gasteiger partial charge in [0.2, 0.25) is 11.8 Å². The topological polar surface area (TPSA) is 109 Å². The van der Waals surface area contributed by atoms with Crippen molar-refractivity contribution in [2.75, 3.05) is 0 Å². The number of primary amides is 1. The minimum atomic E-state index is -0.927. The maximum absolute atomic E-state index is 11.4. The summed E-state index contributed by atoms with van der Waals surface area (Å²) in [5.74, 6) is -1.69. The average molecular weight is 230 g/mol. The lowest BCUT2D eigenvalue weighted by molar-refractivity contribution is -0.137. The first-order valence-corrected chi connectivity index (χ1v) is 5.04. The molecule has 0 unspecified atom stereocenters. The molecule has 0 aliphatic carbocycles. The van der Waals surface area contributed by atoms with Crippen LogP contribution in [0.15, 0.2) is 0 Å². The zero-order chi connectivity index (χ0) is 12.8. The SMILES string of the molecule is CC(C)(CC(N)=O)NC(=O)CCCC(=O)O. The Morgan fingerprint density at radius 2 is 1.81 bits per heavy atom. The van der Waals surface area contributed by atoms with Gasteiger partial charge in [0, 0.05) is 24.8 Å². The lowest BCUT2D eigenvalue weighted by Crippen LogP contribution is -2.45. The number of hydrogen-bond donors (Lipinski definition) is 3. The Bertz CT molecular complexity index is 287. The second-order valence-electron chi connectivity index (χ2n) is 4.32. The van der Waals surface area contributed by atoms with E-state index in [-0.39, 0.29) is 31.6 Å². The summed E-state index contributed by atoms with van der Waals surface area (Å²) < 4.78 is 0. The van der Waals surface area contributed by atoms with Crippen LogP contribution in [-0.4, -0.2) is 28.4 Å². The largest absolute Gasteiger partial charge is 0.481 e. The second-order valence-corrected chi connectivity index (χ2v) is 4.32. The van der Waals surface area contributed by atoms with E-state index in [4.69, 9.17) is 10.8 Å². The maximum atomic E-state index is 11.4. The van der Waals surface area contributed by atoms with Crippen LogP contribution in [0.25, 0.3) is 0 Å². The third-order valence-corrected chi connectivity index (χ3v) is 1.89. The molecule has 0 aromatic rings. The highest BCUT2D eigenvalue weighted by atomic mass is 16.4. The number of carbonyl (C=O) groups excluding carboxylic acids is 2. The third-order valence-electron chi connectivity index (χ3n) is 1.89. The van der Waals surface area contributed by atoms with Gasteiger partial charge in [0.15, 0.2) is 0 Å². The van der Waals surface area contributed by atoms with Crippen molar-refractivity contribution in [1.29, 1.82) is 0 Å². The van der Waals surface area contributed by atoms with Crippen molar-refractivity contribution in [2.24, 2.45) is 5.73 Å². The lowest BCUT2D eigenvalue weighted by atomic mass is 10.00. The number of carbonyl (C=O) groups is 3. The van der Waals surface area contributed by atoms with Crippen LogP contribution in [-0.2, 0) is 14.4 Å². The fourth-order valence-electron chi connectivity index (χ4n) is 1.32. The fraction of sp³-hybridized carbons (Fsp3) is 0.700. The Hall–Kier alpha value is -1.59. The van der Waals surface area contributed by atoms with Gasteiger partial charge in [0.1, 0.15) is 0 Å². The highest BCUT2D eigenvalue weighted by molar-refractivity contribution is 5.80. The molecular formula is C10H18N2O4. The molecule has 92 valence electrons. The predicted octanol–water partition coefficient (Wildman–Crippen LogP) is 0.0115. The van der Waals surface area contributed by atoms with Gasteiger partial charge in [-0.05, 0) is 20.3 Å². The second kappa shape index (κ2) is 6.09. The number of carboxylic acid groups (broad SMARTS) is 1. The smallest absolute Gasteiger partial charge is 0.303 e. The molecule has 16 heavy (non-hydrogen) atoms. The zero-order valence-electron chi connectivity index (χ0n) is 9.58. The van der Waals surface area contributed by atoms with Gasteiger partial charge in [-0.1, -0.05) is 0 Å². The number of nitrogens with two attached hydrogens (primary N) is 1. The van der Waals surface area contributed by atoms with E-state index in [1.165, 1.54) is 0 Å². The first-order valence-electron chi connectivity index (χ1n) is 5.04. The Labute approximate surface area is 94.2 Å². The van der Waals surface area contributed by atoms with Gasteiger partial charge in [-0.15, -0.1) is 0 Å². The Morgan fingerprint density at radius 3 is 2.25 bits per heavy atom. The molecule has 0 saturated carbocycles. The number of hydrogen-bond acceptors (Lipinski definition) is 3. The van der Waals surface area contributed by atoms with Gasteiger partial charge in [-0.2, -0.15) is 0 Å². The predicted molar refractivity (Wildman–Crippen MR) is 57.5 cm³/mol. The summed E-state index contributed by atoms with van der Waals surface area (Å²) in [6.45, 7) is 3.37. The third kappa shape index (κ3) is 7.78. The lowest BCUT2D eigenvalue weighted by Gasteiger charge is -2.24. The van der Waals surface area contributed by atoms with Crippen molar-refractivity contribution in [1.82, 2.24) is 5.32 Å². The number of rotatable bonds is 7. The summed E-state index contributed by atoms with van der Waals surface area (Å²) in [6, 6.07) is 0. The van der Waals surface area contributed by atoms with Gasteiger partial charge < -0.3 is 16.2 Å². The molecule has 0 heterocycles. The average Bonchev–Trinajstić information content (AvgIpc) is 1.98. The highest BCUT2D eigenvalue weighted by Crippen LogP contribution is 2.08. The number of aliphatic carboxylic acids is 1. The molecule has 2 amide bonds. The molecule has 0 radical (unpaired) electrons. The van der Waals surface area contributed by atoms with Crippen LogP contribution in [0.2, 0.25) is 0 Å². The van der Waals surface area contributed by atoms with Gasteiger partial charge in [0.05, 0.1) is 0 Å². The number of amides is 2. The summed E-state index contributed by atoms with van der Waals surface area (Å²) in [5, 5.41) is 11.0. The van der Waals surface area contributed by atoms with Gasteiger partial charge >= 0.3 is 5.97 Å². The van der Waals surface area contributed by atoms with E-state index in [2.05, 4.69) is 5.32 Å². The van der Waals surface area contributed by atoms with Crippen LogP contribution < -0.4 is 11.1 Å². The molecule has 0 fully saturated rings. The molecule has 6 nitrogen and oxygen atoms in total. The summed E-state index contributed by atoms with van der Waals surface area (Å²) in [6.07, 6.45) is 0.434. The quantitative estimate of drug-likeness (QED) is 0.572. The minimum absolute atomic E-state index is 0.0380. The Kier molecular flexibility index (Phi) is 5.49. The molecule has 0 atom stereocenters. The molecule has 0 aliphatic rings. The van der Waals surface area contributed by atoms with Crippen molar-refractivity contribution in [3.05, 3.63) is 0 Å². The van der Waals surface area contributed by atoms with Crippen molar-refractivity contribution in [3.8, 4) is 0 Å². The molecular weight excluding hydrogens is 212 g/mol. The molecule has 0 spiro atoms. The molecule has 0 aromatic heterocycles. The molecule has 0 saturated heterocycles. The number of carboxylic acids is 1. The Balaban J connectivity index is 3.94. The van der Waals surface area contributed by atoms with E-state index in [9.17, 15) is 14.4 Å². The van der Waals surface area contributed by atoms with E-state index in [0.29, 0.717) is 0 Å². The molecule has 6 heteroatoms. The monoisotopic (exact) mass is 230 g/mol. The van der Waals surface area contributed by atoms with Gasteiger partial charge in [0.25, 0.3) is 0 Å². The van der Waals surface area contributed by atoms with Crippen molar-refractivity contribution >= 4 is 17.8 Å². The fourth-order valence-corrected chi connectivity index (χ4v) is 1.32. The van der Waals surface area contributed by atoms with Crippen LogP contribution in [0.4, 0.5) is 0 Å². The molecule has 0 aliphatic heterocycles. The van der Waals surface area contributed by atoms with Gasteiger partial charge in [-0.3, -0.25) is 14.4 Å². The van der Waals surface area contributed by atoms with Gasteiger partial charge in [-0.25, -0.2) is 0 Å². The zero-order valence-corrected chi connectivity index (χ0v) is 9.58. The van der Waals surface area contributed by atoms with E-state index >= 15 is 0 Å². The highest BCUT2D eigenvalue weighted by Gasteiger charge is 2.22. The summed E-state index contributed by atoms with van der Waals surface area (Å²) in [5.41, 5.74) is 4.34. The first-order chi connectivity index (χ1) is 7.23. The van der Waals surface area contributed by atoms with Crippen LogP contribution in [0.5, 0.6) is 0 Å². The van der Waals surface area contributed by atoms with Crippen molar-refractivity contribution in [2.45, 2.75) is 45.1 Å². The standard InChI is InChI=1S/C10H18N2O4/c1-10(2,6-7(11)13)12-8(14)4-3-5-9(15)16/h3-6H2,1-2H3,(H2,11,13)(H,12,14)(H,15,16). The summed E-state index contributed by atoms with van der Waals surface area (Å²) in [4.78, 5) is 32.3. The maximum Gasteiger partial charge on any atom is 0.303 e. The van der Waals surface area contributed by atoms with Crippen LogP contribution >= 0.6 is 0 Å². The normalized spacial score (nSPS) is 10.9. The van der Waals surface area contributed by atoms with Crippen LogP contribution in [0.1, 0.15) is 39.5 Å². The first kappa shape index (κ1) is 14.4. The van der Waals surface area contributed by atoms with Crippen LogP contribution in [0.3, 0.4) is 0 Å². The molecule has 0 aromatic carbocycles. The molecule has 0 bridgehead atoms. The van der Waals surface area contributed by atoms with Crippen molar-refractivity contribution in [3.63, 3.8) is 0 Å². The van der Waals surface area contributed by atoms with Crippen molar-refractivity contribution < 1.29 is 19.5 Å². The minimum Gasteiger partial charge on any atom is -0.481 e. The van der Waals surface area contributed by atoms with E-state index in [1.807, 2.05) is 0 Å². The molecule has 4 N–H and O–H groups in total. The van der Waals surface area contributed by atoms with E-state index in [1.54, 1.807) is 13.8 Å². The summed E-state index contributed by atoms with van der Waals surface area (Å²) in [7, 11) is 0. The number of nitrogens with one attached hydrogen (secondary N) is 1. The van der Waals surface area contributed by atoms with E-state index in [0.717, 1.165) is 0 Å². The van der Waals surface area contributed by atoms with E-state index < -0.39 is 17.4 Å². The van der Waals surface area contributed by atoms with Crippen LogP contribution in [0, 0.1) is 0 Å².